The minimum Gasteiger partial charge on any atom is -0.497 e. The zero-order chi connectivity index (χ0) is 18.4. The molecule has 0 saturated heterocycles. The molecule has 2 N–H and O–H groups in total. The number of aromatic nitrogens is 2. The van der Waals surface area contributed by atoms with Crippen LogP contribution in [0.2, 0.25) is 0 Å². The minimum absolute atomic E-state index is 0.323. The largest absolute Gasteiger partial charge is 0.497 e. The average molecular weight is 352 g/mol. The van der Waals surface area contributed by atoms with E-state index in [1.165, 1.54) is 6.07 Å². The van der Waals surface area contributed by atoms with Crippen LogP contribution in [0.5, 0.6) is 5.75 Å². The van der Waals surface area contributed by atoms with Gasteiger partial charge in [0.05, 0.1) is 12.8 Å². The Labute approximate surface area is 152 Å². The van der Waals surface area contributed by atoms with Crippen molar-refractivity contribution in [3.8, 4) is 5.75 Å². The fourth-order valence-corrected chi connectivity index (χ4v) is 2.56. The number of halogens is 1. The third-order valence-corrected chi connectivity index (χ3v) is 3.82. The van der Waals surface area contributed by atoms with Crippen LogP contribution < -0.4 is 15.4 Å². The molecule has 0 radical (unpaired) electrons. The Kier molecular flexibility index (Phi) is 5.63. The summed E-state index contributed by atoms with van der Waals surface area (Å²) in [5.74, 6) is 1.57. The maximum atomic E-state index is 13.8. The Morgan fingerprint density at radius 1 is 1.04 bits per heavy atom. The van der Waals surface area contributed by atoms with Gasteiger partial charge in [0.1, 0.15) is 17.4 Å². The van der Waals surface area contributed by atoms with Crippen LogP contribution in [0, 0.1) is 12.7 Å². The summed E-state index contributed by atoms with van der Waals surface area (Å²) >= 11 is 0. The van der Waals surface area contributed by atoms with Crippen molar-refractivity contribution < 1.29 is 9.13 Å². The van der Waals surface area contributed by atoms with E-state index in [9.17, 15) is 4.39 Å². The Morgan fingerprint density at radius 3 is 2.69 bits per heavy atom. The molecule has 0 aliphatic heterocycles. The fraction of sp³-hybridized carbons (Fsp3) is 0.200. The van der Waals surface area contributed by atoms with Gasteiger partial charge >= 0.3 is 0 Å². The molecule has 3 rings (SSSR count). The lowest BCUT2D eigenvalue weighted by Gasteiger charge is -2.11. The van der Waals surface area contributed by atoms with Crippen molar-refractivity contribution in [2.24, 2.45) is 0 Å². The van der Waals surface area contributed by atoms with E-state index in [-0.39, 0.29) is 5.82 Å². The molecule has 0 amide bonds. The van der Waals surface area contributed by atoms with E-state index in [1.807, 2.05) is 31.2 Å². The van der Waals surface area contributed by atoms with Gasteiger partial charge in [-0.2, -0.15) is 4.98 Å². The number of hydrogen-bond acceptors (Lipinski definition) is 5. The molecular formula is C20H21FN4O. The first kappa shape index (κ1) is 17.7. The molecule has 0 spiro atoms. The highest BCUT2D eigenvalue weighted by Crippen LogP contribution is 2.19. The predicted octanol–water partition coefficient (Wildman–Crippen LogP) is 4.33. The number of methoxy groups -OCH3 is 1. The lowest BCUT2D eigenvalue weighted by atomic mass is 10.1. The van der Waals surface area contributed by atoms with Crippen molar-refractivity contribution in [3.05, 3.63) is 71.7 Å². The maximum Gasteiger partial charge on any atom is 0.224 e. The third kappa shape index (κ3) is 4.69. The summed E-state index contributed by atoms with van der Waals surface area (Å²) < 4.78 is 19.0. The molecule has 26 heavy (non-hydrogen) atoms. The van der Waals surface area contributed by atoms with Gasteiger partial charge in [-0.05, 0) is 43.2 Å². The molecule has 0 atom stereocenters. The van der Waals surface area contributed by atoms with Crippen LogP contribution in [0.25, 0.3) is 0 Å². The summed E-state index contributed by atoms with van der Waals surface area (Å²) in [4.78, 5) is 8.79. The van der Waals surface area contributed by atoms with Gasteiger partial charge in [0.2, 0.25) is 5.95 Å². The van der Waals surface area contributed by atoms with E-state index in [0.29, 0.717) is 24.0 Å². The first-order chi connectivity index (χ1) is 12.6. The lowest BCUT2D eigenvalue weighted by Crippen LogP contribution is -2.10. The normalized spacial score (nSPS) is 10.4. The van der Waals surface area contributed by atoms with Gasteiger partial charge in [-0.3, -0.25) is 0 Å². The maximum absolute atomic E-state index is 13.8. The Bertz CT molecular complexity index is 885. The van der Waals surface area contributed by atoms with Crippen LogP contribution in [-0.2, 0) is 6.42 Å². The molecule has 2 aromatic carbocycles. The number of nitrogens with zero attached hydrogens (tertiary/aromatic N) is 2. The average Bonchev–Trinajstić information content (AvgIpc) is 2.63. The van der Waals surface area contributed by atoms with Crippen molar-refractivity contribution >= 4 is 17.5 Å². The van der Waals surface area contributed by atoms with Crippen molar-refractivity contribution in [1.29, 1.82) is 0 Å². The number of rotatable bonds is 7. The van der Waals surface area contributed by atoms with Crippen LogP contribution >= 0.6 is 0 Å². The summed E-state index contributed by atoms with van der Waals surface area (Å²) in [6.07, 6.45) is 0.810. The SMILES string of the molecule is COc1cccc(CCNc2nc(C)cc(Nc3ccccc3F)n2)c1. The number of aryl methyl sites for hydroxylation is 1. The van der Waals surface area contributed by atoms with Crippen LogP contribution in [0.3, 0.4) is 0 Å². The summed E-state index contributed by atoms with van der Waals surface area (Å²) in [5.41, 5.74) is 2.34. The predicted molar refractivity (Wildman–Crippen MR) is 102 cm³/mol. The number of para-hydroxylation sites is 1. The van der Waals surface area contributed by atoms with Crippen LogP contribution in [0.15, 0.2) is 54.6 Å². The topological polar surface area (TPSA) is 59.1 Å². The molecule has 0 fully saturated rings. The van der Waals surface area contributed by atoms with Crippen molar-refractivity contribution in [2.75, 3.05) is 24.3 Å². The highest BCUT2D eigenvalue weighted by atomic mass is 19.1. The number of ether oxygens (including phenoxy) is 1. The standard InChI is InChI=1S/C20H21FN4O/c1-14-12-19(24-18-9-4-3-8-17(18)21)25-20(23-14)22-11-10-15-6-5-7-16(13-15)26-2/h3-9,12-13H,10-11H2,1-2H3,(H2,22,23,24,25). The third-order valence-electron chi connectivity index (χ3n) is 3.82. The molecule has 0 aliphatic carbocycles. The van der Waals surface area contributed by atoms with Gasteiger partial charge in [0.25, 0.3) is 0 Å². The van der Waals surface area contributed by atoms with E-state index in [4.69, 9.17) is 4.74 Å². The second kappa shape index (κ2) is 8.29. The molecule has 134 valence electrons. The van der Waals surface area contributed by atoms with E-state index in [0.717, 1.165) is 23.4 Å². The van der Waals surface area contributed by atoms with Crippen molar-refractivity contribution in [1.82, 2.24) is 9.97 Å². The van der Waals surface area contributed by atoms with Crippen LogP contribution in [-0.4, -0.2) is 23.6 Å². The monoisotopic (exact) mass is 352 g/mol. The molecule has 3 aromatic rings. The first-order valence-corrected chi connectivity index (χ1v) is 8.38. The summed E-state index contributed by atoms with van der Waals surface area (Å²) in [7, 11) is 1.65. The van der Waals surface area contributed by atoms with E-state index in [2.05, 4.69) is 20.6 Å². The number of nitrogens with one attached hydrogen (secondary N) is 2. The Balaban J connectivity index is 1.65. The number of hydrogen-bond donors (Lipinski definition) is 2. The number of anilines is 3. The Hall–Kier alpha value is -3.15. The van der Waals surface area contributed by atoms with Gasteiger partial charge < -0.3 is 15.4 Å². The second-order valence-corrected chi connectivity index (χ2v) is 5.85. The van der Waals surface area contributed by atoms with E-state index in [1.54, 1.807) is 31.4 Å². The molecule has 6 heteroatoms. The van der Waals surface area contributed by atoms with E-state index >= 15 is 0 Å². The second-order valence-electron chi connectivity index (χ2n) is 5.85. The van der Waals surface area contributed by atoms with Gasteiger partial charge in [0.15, 0.2) is 0 Å². The van der Waals surface area contributed by atoms with Gasteiger partial charge in [0, 0.05) is 18.3 Å². The molecule has 0 unspecified atom stereocenters. The van der Waals surface area contributed by atoms with Gasteiger partial charge in [-0.25, -0.2) is 9.37 Å². The van der Waals surface area contributed by atoms with Gasteiger partial charge in [-0.1, -0.05) is 24.3 Å². The van der Waals surface area contributed by atoms with Crippen LogP contribution in [0.4, 0.5) is 21.8 Å². The highest BCUT2D eigenvalue weighted by molar-refractivity contribution is 5.58. The van der Waals surface area contributed by atoms with E-state index < -0.39 is 0 Å². The summed E-state index contributed by atoms with van der Waals surface area (Å²) in [5, 5.41) is 6.21. The fourth-order valence-electron chi connectivity index (χ4n) is 2.56. The molecule has 1 aromatic heterocycles. The van der Waals surface area contributed by atoms with Crippen LogP contribution in [0.1, 0.15) is 11.3 Å². The molecule has 0 saturated carbocycles. The first-order valence-electron chi connectivity index (χ1n) is 8.38. The molecule has 5 nitrogen and oxygen atoms in total. The molecule has 0 bridgehead atoms. The molecular weight excluding hydrogens is 331 g/mol. The van der Waals surface area contributed by atoms with Crippen molar-refractivity contribution in [2.45, 2.75) is 13.3 Å². The molecule has 1 heterocycles. The summed E-state index contributed by atoms with van der Waals surface area (Å²) in [6, 6.07) is 16.2. The van der Waals surface area contributed by atoms with Crippen molar-refractivity contribution in [3.63, 3.8) is 0 Å². The zero-order valence-electron chi connectivity index (χ0n) is 14.8. The highest BCUT2D eigenvalue weighted by Gasteiger charge is 2.06. The summed E-state index contributed by atoms with van der Waals surface area (Å²) in [6.45, 7) is 2.55. The zero-order valence-corrected chi connectivity index (χ0v) is 14.8. The quantitative estimate of drug-likeness (QED) is 0.663. The minimum atomic E-state index is -0.323. The lowest BCUT2D eigenvalue weighted by molar-refractivity contribution is 0.414. The number of benzene rings is 2. The smallest absolute Gasteiger partial charge is 0.224 e. The Morgan fingerprint density at radius 2 is 1.88 bits per heavy atom. The molecule has 0 aliphatic rings. The van der Waals surface area contributed by atoms with Gasteiger partial charge in [-0.15, -0.1) is 0 Å².